The van der Waals surface area contributed by atoms with E-state index in [9.17, 15) is 9.18 Å². The van der Waals surface area contributed by atoms with Crippen LogP contribution >= 0.6 is 0 Å². The number of carbonyl (C=O) groups is 1. The van der Waals surface area contributed by atoms with Crippen molar-refractivity contribution in [1.29, 1.82) is 5.26 Å². The number of hydrogen-bond donors (Lipinski definition) is 0. The highest BCUT2D eigenvalue weighted by molar-refractivity contribution is 5.82. The monoisotopic (exact) mass is 173 g/mol. The molecule has 0 saturated heterocycles. The fourth-order valence-corrected chi connectivity index (χ4v) is 0.794. The molecule has 12 heavy (non-hydrogen) atoms. The number of ether oxygens (including phenoxy) is 1. The Morgan fingerprint density at radius 2 is 2.25 bits per heavy atom. The predicted octanol–water partition coefficient (Wildman–Crippen LogP) is 1.58. The van der Waals surface area contributed by atoms with Gasteiger partial charge in [-0.3, -0.25) is 0 Å². The fourth-order valence-electron chi connectivity index (χ4n) is 0.794. The third kappa shape index (κ3) is 2.50. The van der Waals surface area contributed by atoms with Gasteiger partial charge in [-0.1, -0.05) is 13.3 Å². The number of rotatable bonds is 4. The van der Waals surface area contributed by atoms with Crippen LogP contribution in [0.25, 0.3) is 0 Å². The molecular weight excluding hydrogens is 161 g/mol. The van der Waals surface area contributed by atoms with Gasteiger partial charge in [0.2, 0.25) is 0 Å². The minimum absolute atomic E-state index is 0.0932. The normalized spacial score (nSPS) is 14.5. The molecule has 0 saturated carbocycles. The molecule has 0 aliphatic rings. The molecule has 0 heterocycles. The summed E-state index contributed by atoms with van der Waals surface area (Å²) < 4.78 is 17.7. The summed E-state index contributed by atoms with van der Waals surface area (Å²) in [5, 5.41) is 8.39. The quantitative estimate of drug-likeness (QED) is 0.606. The summed E-state index contributed by atoms with van der Waals surface area (Å²) in [6, 6.07) is 1.32. The third-order valence-corrected chi connectivity index (χ3v) is 1.37. The van der Waals surface area contributed by atoms with Gasteiger partial charge in [0.15, 0.2) is 0 Å². The summed E-state index contributed by atoms with van der Waals surface area (Å²) in [5.74, 6) is -1.07. The lowest BCUT2D eigenvalue weighted by Crippen LogP contribution is -2.33. The van der Waals surface area contributed by atoms with Crippen molar-refractivity contribution in [2.24, 2.45) is 0 Å². The van der Waals surface area contributed by atoms with Crippen molar-refractivity contribution in [1.82, 2.24) is 0 Å². The highest BCUT2D eigenvalue weighted by atomic mass is 19.1. The van der Waals surface area contributed by atoms with Crippen molar-refractivity contribution in [3.8, 4) is 6.07 Å². The average molecular weight is 173 g/mol. The minimum atomic E-state index is -2.45. The molecule has 0 amide bonds. The average Bonchev–Trinajstić information content (AvgIpc) is 2.05. The van der Waals surface area contributed by atoms with E-state index in [1.54, 1.807) is 13.8 Å². The lowest BCUT2D eigenvalue weighted by molar-refractivity contribution is -0.153. The van der Waals surface area contributed by atoms with Gasteiger partial charge in [0, 0.05) is 6.42 Å². The van der Waals surface area contributed by atoms with Crippen LogP contribution in [0.3, 0.4) is 0 Å². The Bertz CT molecular complexity index is 200. The molecule has 1 atom stereocenters. The molecular formula is C8H12FNO2. The van der Waals surface area contributed by atoms with Crippen LogP contribution in [0.2, 0.25) is 0 Å². The maximum absolute atomic E-state index is 13.3. The van der Waals surface area contributed by atoms with Crippen molar-refractivity contribution >= 4 is 5.97 Å². The van der Waals surface area contributed by atoms with Crippen LogP contribution in [0.15, 0.2) is 0 Å². The summed E-state index contributed by atoms with van der Waals surface area (Å²) in [6.45, 7) is 3.36. The minimum Gasteiger partial charge on any atom is -0.463 e. The fraction of sp³-hybridized carbons (Fsp3) is 0.750. The summed E-state index contributed by atoms with van der Waals surface area (Å²) in [4.78, 5) is 10.9. The smallest absolute Gasteiger partial charge is 0.358 e. The van der Waals surface area contributed by atoms with Gasteiger partial charge in [0.05, 0.1) is 6.61 Å². The highest BCUT2D eigenvalue weighted by Crippen LogP contribution is 2.18. The SMILES string of the molecule is CCC[C@@](F)(C#N)C(=O)OCC. The molecule has 0 aromatic carbocycles. The molecule has 0 aromatic rings. The summed E-state index contributed by atoms with van der Waals surface area (Å²) >= 11 is 0. The Morgan fingerprint density at radius 3 is 2.58 bits per heavy atom. The van der Waals surface area contributed by atoms with E-state index in [2.05, 4.69) is 4.74 Å². The second-order valence-corrected chi connectivity index (χ2v) is 2.38. The van der Waals surface area contributed by atoms with Crippen LogP contribution in [0.5, 0.6) is 0 Å². The van der Waals surface area contributed by atoms with Crippen molar-refractivity contribution < 1.29 is 13.9 Å². The Balaban J connectivity index is 4.32. The Kier molecular flexibility index (Phi) is 4.27. The van der Waals surface area contributed by atoms with E-state index in [4.69, 9.17) is 5.26 Å². The zero-order valence-electron chi connectivity index (χ0n) is 7.26. The van der Waals surface area contributed by atoms with Gasteiger partial charge in [0.25, 0.3) is 5.67 Å². The standard InChI is InChI=1S/C8H12FNO2/c1-3-5-8(9,6-10)7(11)12-4-2/h3-5H2,1-2H3/t8-/m1/s1. The maximum Gasteiger partial charge on any atom is 0.358 e. The van der Waals surface area contributed by atoms with Gasteiger partial charge < -0.3 is 4.74 Å². The summed E-state index contributed by atoms with van der Waals surface area (Å²) in [6.07, 6.45) is 0.325. The summed E-state index contributed by atoms with van der Waals surface area (Å²) in [7, 11) is 0. The molecule has 0 spiro atoms. The molecule has 68 valence electrons. The first kappa shape index (κ1) is 10.9. The number of carbonyl (C=O) groups excluding carboxylic acids is 1. The van der Waals surface area contributed by atoms with E-state index in [-0.39, 0.29) is 13.0 Å². The lowest BCUT2D eigenvalue weighted by Gasteiger charge is -2.13. The molecule has 0 fully saturated rings. The molecule has 0 rings (SSSR count). The molecule has 0 aliphatic carbocycles. The van der Waals surface area contributed by atoms with Gasteiger partial charge >= 0.3 is 5.97 Å². The number of nitriles is 1. The third-order valence-electron chi connectivity index (χ3n) is 1.37. The first-order valence-corrected chi connectivity index (χ1v) is 3.88. The molecule has 0 aliphatic heterocycles. The number of esters is 1. The highest BCUT2D eigenvalue weighted by Gasteiger charge is 2.39. The number of alkyl halides is 1. The largest absolute Gasteiger partial charge is 0.463 e. The van der Waals surface area contributed by atoms with Crippen LogP contribution in [0.4, 0.5) is 4.39 Å². The number of halogens is 1. The van der Waals surface area contributed by atoms with Crippen LogP contribution in [0, 0.1) is 11.3 Å². The van der Waals surface area contributed by atoms with Crippen molar-refractivity contribution in [2.45, 2.75) is 32.4 Å². The van der Waals surface area contributed by atoms with Gasteiger partial charge in [-0.2, -0.15) is 5.26 Å². The molecule has 0 N–H and O–H groups in total. The number of nitrogens with zero attached hydrogens (tertiary/aromatic N) is 1. The zero-order valence-corrected chi connectivity index (χ0v) is 7.26. The van der Waals surface area contributed by atoms with E-state index >= 15 is 0 Å². The molecule has 3 nitrogen and oxygen atoms in total. The van der Waals surface area contributed by atoms with Crippen molar-refractivity contribution in [2.75, 3.05) is 6.61 Å². The van der Waals surface area contributed by atoms with E-state index in [0.717, 1.165) is 0 Å². The molecule has 0 radical (unpaired) electrons. The van der Waals surface area contributed by atoms with E-state index < -0.39 is 11.6 Å². The van der Waals surface area contributed by atoms with Gasteiger partial charge in [0.1, 0.15) is 6.07 Å². The van der Waals surface area contributed by atoms with E-state index in [1.807, 2.05) is 0 Å². The van der Waals surface area contributed by atoms with Crippen molar-refractivity contribution in [3.05, 3.63) is 0 Å². The Labute approximate surface area is 71.1 Å². The first-order valence-electron chi connectivity index (χ1n) is 3.88. The topological polar surface area (TPSA) is 50.1 Å². The predicted molar refractivity (Wildman–Crippen MR) is 41.0 cm³/mol. The second-order valence-electron chi connectivity index (χ2n) is 2.38. The zero-order chi connectivity index (χ0) is 9.61. The van der Waals surface area contributed by atoms with Crippen LogP contribution < -0.4 is 0 Å². The van der Waals surface area contributed by atoms with Crippen LogP contribution in [-0.4, -0.2) is 18.2 Å². The molecule has 0 aromatic heterocycles. The Morgan fingerprint density at radius 1 is 1.67 bits per heavy atom. The van der Waals surface area contributed by atoms with E-state index in [1.165, 1.54) is 6.07 Å². The van der Waals surface area contributed by atoms with Crippen LogP contribution in [0.1, 0.15) is 26.7 Å². The Hall–Kier alpha value is -1.11. The lowest BCUT2D eigenvalue weighted by atomic mass is 10.0. The van der Waals surface area contributed by atoms with Gasteiger partial charge in [-0.25, -0.2) is 9.18 Å². The molecule has 0 bridgehead atoms. The maximum atomic E-state index is 13.3. The molecule has 0 unspecified atom stereocenters. The number of hydrogen-bond acceptors (Lipinski definition) is 3. The first-order chi connectivity index (χ1) is 5.60. The molecule has 4 heteroatoms. The van der Waals surface area contributed by atoms with Gasteiger partial charge in [-0.05, 0) is 6.92 Å². The van der Waals surface area contributed by atoms with Gasteiger partial charge in [-0.15, -0.1) is 0 Å². The van der Waals surface area contributed by atoms with Crippen LogP contribution in [-0.2, 0) is 9.53 Å². The second kappa shape index (κ2) is 4.70. The summed E-state index contributed by atoms with van der Waals surface area (Å²) in [5.41, 5.74) is -2.45. The van der Waals surface area contributed by atoms with E-state index in [0.29, 0.717) is 6.42 Å². The van der Waals surface area contributed by atoms with Crippen molar-refractivity contribution in [3.63, 3.8) is 0 Å².